The van der Waals surface area contributed by atoms with Crippen molar-refractivity contribution < 1.29 is 19.0 Å². The Hall–Kier alpha value is -4.30. The molecule has 0 saturated carbocycles. The number of rotatable bonds is 11. The molecule has 1 aromatic heterocycles. The minimum absolute atomic E-state index is 0.275. The number of nitrogens with zero attached hydrogens (tertiary/aromatic N) is 1. The van der Waals surface area contributed by atoms with E-state index in [1.54, 1.807) is 19.2 Å². The highest BCUT2D eigenvalue weighted by Gasteiger charge is 2.16. The van der Waals surface area contributed by atoms with Crippen LogP contribution in [0.25, 0.3) is 5.76 Å². The van der Waals surface area contributed by atoms with Crippen molar-refractivity contribution in [3.63, 3.8) is 0 Å². The van der Waals surface area contributed by atoms with Crippen LogP contribution in [-0.4, -0.2) is 31.2 Å². The van der Waals surface area contributed by atoms with Crippen LogP contribution in [0.5, 0.6) is 11.5 Å². The van der Waals surface area contributed by atoms with E-state index in [0.29, 0.717) is 36.6 Å². The minimum Gasteiger partial charge on any atom is -0.491 e. The van der Waals surface area contributed by atoms with Gasteiger partial charge in [-0.3, -0.25) is 4.79 Å². The normalized spacial score (nSPS) is 12.8. The van der Waals surface area contributed by atoms with E-state index < -0.39 is 0 Å². The Morgan fingerprint density at radius 1 is 1.11 bits per heavy atom. The smallest absolute Gasteiger partial charge is 0.247 e. The van der Waals surface area contributed by atoms with Gasteiger partial charge in [0.25, 0.3) is 0 Å². The van der Waals surface area contributed by atoms with Crippen LogP contribution >= 0.6 is 0 Å². The van der Waals surface area contributed by atoms with Gasteiger partial charge in [-0.25, -0.2) is 4.99 Å². The predicted molar refractivity (Wildman–Crippen MR) is 140 cm³/mol. The second kappa shape index (κ2) is 11.9. The van der Waals surface area contributed by atoms with E-state index in [4.69, 9.17) is 19.2 Å². The summed E-state index contributed by atoms with van der Waals surface area (Å²) < 4.78 is 17.0. The van der Waals surface area contributed by atoms with Gasteiger partial charge >= 0.3 is 0 Å². The Kier molecular flexibility index (Phi) is 8.20. The summed E-state index contributed by atoms with van der Waals surface area (Å²) in [5.41, 5.74) is 3.36. The Morgan fingerprint density at radius 2 is 1.94 bits per heavy atom. The van der Waals surface area contributed by atoms with Crippen LogP contribution in [0.2, 0.25) is 0 Å². The molecule has 1 aliphatic heterocycles. The fourth-order valence-corrected chi connectivity index (χ4v) is 3.73. The summed E-state index contributed by atoms with van der Waals surface area (Å²) in [5, 5.41) is 7.11. The van der Waals surface area contributed by atoms with E-state index in [-0.39, 0.29) is 5.91 Å². The van der Waals surface area contributed by atoms with Gasteiger partial charge < -0.3 is 29.8 Å². The molecule has 0 atom stereocenters. The average molecular weight is 487 g/mol. The Labute approximate surface area is 210 Å². The number of ether oxygens (including phenoxy) is 3. The molecule has 1 amide bonds. The highest BCUT2D eigenvalue weighted by Crippen LogP contribution is 2.27. The predicted octanol–water partition coefficient (Wildman–Crippen LogP) is 4.11. The van der Waals surface area contributed by atoms with Crippen molar-refractivity contribution in [2.75, 3.05) is 31.0 Å². The number of hydrogen-bond donors (Lipinski definition) is 3. The third-order valence-corrected chi connectivity index (χ3v) is 5.59. The second-order valence-corrected chi connectivity index (χ2v) is 8.07. The van der Waals surface area contributed by atoms with Crippen LogP contribution in [0.15, 0.2) is 89.8 Å². The molecular weight excluding hydrogens is 456 g/mol. The van der Waals surface area contributed by atoms with E-state index in [9.17, 15) is 4.79 Å². The quantitative estimate of drug-likeness (QED) is 0.280. The fraction of sp³-hybridized carbons (Fsp3) is 0.214. The van der Waals surface area contributed by atoms with Crippen molar-refractivity contribution in [2.45, 2.75) is 19.8 Å². The highest BCUT2D eigenvalue weighted by atomic mass is 16.5. The van der Waals surface area contributed by atoms with Crippen molar-refractivity contribution in [3.8, 4) is 11.5 Å². The summed E-state index contributed by atoms with van der Waals surface area (Å²) in [7, 11) is 1.65. The monoisotopic (exact) mass is 486 g/mol. The summed E-state index contributed by atoms with van der Waals surface area (Å²) in [6.07, 6.45) is 4.44. The molecule has 36 heavy (non-hydrogen) atoms. The van der Waals surface area contributed by atoms with Gasteiger partial charge in [0.1, 0.15) is 35.2 Å². The molecule has 2 aromatic carbocycles. The summed E-state index contributed by atoms with van der Waals surface area (Å²) in [6, 6.07) is 17.0. The lowest BCUT2D eigenvalue weighted by molar-refractivity contribution is -0.111. The third kappa shape index (κ3) is 6.22. The van der Waals surface area contributed by atoms with Crippen LogP contribution in [0.4, 0.5) is 11.4 Å². The van der Waals surface area contributed by atoms with Gasteiger partial charge in [0.05, 0.1) is 11.8 Å². The number of H-pyrrole nitrogens is 1. The highest BCUT2D eigenvalue weighted by molar-refractivity contribution is 5.98. The lowest BCUT2D eigenvalue weighted by Gasteiger charge is -2.15. The van der Waals surface area contributed by atoms with Crippen molar-refractivity contribution in [3.05, 3.63) is 95.5 Å². The molecule has 186 valence electrons. The lowest BCUT2D eigenvalue weighted by atomic mass is 10.1. The number of anilines is 2. The number of carbonyl (C=O) groups excluding carboxylic acids is 1. The number of nitrogens with one attached hydrogen (secondary N) is 3. The summed E-state index contributed by atoms with van der Waals surface area (Å²) in [4.78, 5) is 19.8. The Bertz CT molecular complexity index is 1370. The number of carbonyl (C=O) groups is 1. The molecule has 0 aliphatic carbocycles. The van der Waals surface area contributed by atoms with Crippen LogP contribution in [0.3, 0.4) is 0 Å². The molecule has 3 N–H and O–H groups in total. The molecule has 0 saturated heterocycles. The van der Waals surface area contributed by atoms with Gasteiger partial charge in [0, 0.05) is 37.2 Å². The molecule has 1 aliphatic rings. The number of aromatic amines is 1. The molecule has 8 nitrogen and oxygen atoms in total. The molecular formula is C28H30N4O4. The Balaban J connectivity index is 1.57. The van der Waals surface area contributed by atoms with Crippen molar-refractivity contribution >= 4 is 23.0 Å². The van der Waals surface area contributed by atoms with Gasteiger partial charge in [-0.2, -0.15) is 0 Å². The van der Waals surface area contributed by atoms with Gasteiger partial charge in [-0.15, -0.1) is 0 Å². The van der Waals surface area contributed by atoms with E-state index in [1.807, 2.05) is 48.7 Å². The maximum absolute atomic E-state index is 11.7. The van der Waals surface area contributed by atoms with E-state index in [1.165, 1.54) is 6.08 Å². The molecule has 0 spiro atoms. The maximum atomic E-state index is 11.7. The zero-order valence-corrected chi connectivity index (χ0v) is 20.5. The third-order valence-electron chi connectivity index (χ3n) is 5.59. The lowest BCUT2D eigenvalue weighted by Crippen LogP contribution is -2.26. The number of hydrogen-bond acceptors (Lipinski definition) is 6. The molecule has 2 heterocycles. The minimum atomic E-state index is -0.275. The fourth-order valence-electron chi connectivity index (χ4n) is 3.73. The largest absolute Gasteiger partial charge is 0.491 e. The molecule has 3 aromatic rings. The van der Waals surface area contributed by atoms with Gasteiger partial charge in [0.2, 0.25) is 5.91 Å². The molecule has 0 bridgehead atoms. The maximum Gasteiger partial charge on any atom is 0.247 e. The number of methoxy groups -OCH3 is 1. The average Bonchev–Trinajstić information content (AvgIpc) is 3.30. The van der Waals surface area contributed by atoms with Crippen LogP contribution in [-0.2, 0) is 9.53 Å². The molecule has 0 fully saturated rings. The van der Waals surface area contributed by atoms with Crippen LogP contribution < -0.4 is 30.8 Å². The Morgan fingerprint density at radius 3 is 2.69 bits per heavy atom. The first kappa shape index (κ1) is 24.8. The summed E-state index contributed by atoms with van der Waals surface area (Å²) in [5.74, 6) is 2.68. The standard InChI is InChI=1S/C28H30N4O4/c1-4-19-17-25(36-23-8-6-7-21(18-23)30-26(33)5-2)24-13-14-29-28(24)32-27(19)31-20-9-11-22(12-10-20)35-16-15-34-3/h5-14,18,31H,2,4,15-17H2,1,3H3,(H,29,32)(H,30,33). The number of aromatic nitrogens is 1. The molecule has 4 rings (SSSR count). The van der Waals surface area contributed by atoms with Gasteiger partial charge in [-0.1, -0.05) is 19.6 Å². The number of amides is 1. The van der Waals surface area contributed by atoms with E-state index >= 15 is 0 Å². The van der Waals surface area contributed by atoms with Gasteiger partial charge in [0.15, 0.2) is 0 Å². The van der Waals surface area contributed by atoms with Crippen molar-refractivity contribution in [1.82, 2.24) is 4.98 Å². The van der Waals surface area contributed by atoms with Crippen LogP contribution in [0, 0.1) is 0 Å². The molecule has 8 heteroatoms. The van der Waals surface area contributed by atoms with E-state index in [2.05, 4.69) is 29.1 Å². The topological polar surface area (TPSA) is 97.0 Å². The number of fused-ring (bicyclic) bond motifs is 1. The molecule has 0 radical (unpaired) electrons. The van der Waals surface area contributed by atoms with Crippen molar-refractivity contribution in [1.29, 1.82) is 0 Å². The van der Waals surface area contributed by atoms with E-state index in [0.717, 1.165) is 40.2 Å². The summed E-state index contributed by atoms with van der Waals surface area (Å²) in [6.45, 7) is 6.63. The van der Waals surface area contributed by atoms with Crippen molar-refractivity contribution in [2.24, 2.45) is 4.99 Å². The first-order valence-electron chi connectivity index (χ1n) is 11.8. The summed E-state index contributed by atoms with van der Waals surface area (Å²) >= 11 is 0. The number of benzene rings is 2. The molecule has 0 unspecified atom stereocenters. The first-order valence-corrected chi connectivity index (χ1v) is 11.8. The zero-order valence-electron chi connectivity index (χ0n) is 20.5. The second-order valence-electron chi connectivity index (χ2n) is 8.07. The first-order chi connectivity index (χ1) is 17.6. The zero-order chi connectivity index (χ0) is 25.3. The SMILES string of the molecule is C=CC(=O)Nc1cccc(OC2=c3cc[nH]c3=NC(Nc3ccc(OCCOC)cc3)=C(CC)C2)c1. The van der Waals surface area contributed by atoms with Crippen LogP contribution in [0.1, 0.15) is 19.8 Å². The van der Waals surface area contributed by atoms with Gasteiger partial charge in [-0.05, 0) is 60.5 Å².